The molecule has 3 unspecified atom stereocenters. The van der Waals surface area contributed by atoms with E-state index >= 15 is 0 Å². The smallest absolute Gasteiger partial charge is 0.125 e. The first-order valence-electron chi connectivity index (χ1n) is 7.41. The Morgan fingerprint density at radius 1 is 1.37 bits per heavy atom. The molecule has 2 saturated heterocycles. The van der Waals surface area contributed by atoms with E-state index < -0.39 is 5.60 Å². The third kappa shape index (κ3) is 2.26. The quantitative estimate of drug-likeness (QED) is 0.903. The van der Waals surface area contributed by atoms with Gasteiger partial charge in [-0.15, -0.1) is 0 Å². The molecule has 2 bridgehead atoms. The fourth-order valence-corrected chi connectivity index (χ4v) is 3.47. The number of hydrogen-bond acceptors (Lipinski definition) is 3. The van der Waals surface area contributed by atoms with Crippen molar-refractivity contribution in [2.24, 2.45) is 5.92 Å². The molecule has 1 aromatic carbocycles. The van der Waals surface area contributed by atoms with Gasteiger partial charge in [0.05, 0.1) is 12.2 Å². The fraction of sp³-hybridized carbons (Fsp3) is 0.625. The third-order valence-electron chi connectivity index (χ3n) is 4.57. The molecule has 0 radical (unpaired) electrons. The van der Waals surface area contributed by atoms with Crippen molar-refractivity contribution in [3.05, 3.63) is 29.8 Å². The second kappa shape index (κ2) is 5.14. The molecule has 3 atom stereocenters. The lowest BCUT2D eigenvalue weighted by atomic mass is 9.76. The molecule has 0 amide bonds. The van der Waals surface area contributed by atoms with Gasteiger partial charge in [-0.1, -0.05) is 25.1 Å². The number of piperidine rings is 1. The van der Waals surface area contributed by atoms with Crippen LogP contribution in [-0.2, 0) is 5.60 Å². The second-order valence-corrected chi connectivity index (χ2v) is 5.81. The van der Waals surface area contributed by atoms with Crippen LogP contribution in [0.2, 0.25) is 0 Å². The Bertz CT molecular complexity index is 448. The summed E-state index contributed by atoms with van der Waals surface area (Å²) in [5.41, 5.74) is 0.298. The first kappa shape index (κ1) is 12.9. The van der Waals surface area contributed by atoms with Gasteiger partial charge in [0.2, 0.25) is 0 Å². The number of para-hydroxylation sites is 1. The standard InChI is InChI=1S/C16H23NO2/c1-2-11-19-15-6-4-3-5-14(15)16(18)8-10-17-9-7-13(16)12-17/h3-6,13,18H,2,7-12H2,1H3. The molecule has 1 aromatic rings. The Morgan fingerprint density at radius 2 is 2.21 bits per heavy atom. The Balaban J connectivity index is 1.91. The van der Waals surface area contributed by atoms with Crippen molar-refractivity contribution in [2.45, 2.75) is 31.8 Å². The van der Waals surface area contributed by atoms with Gasteiger partial charge in [0.25, 0.3) is 0 Å². The molecule has 0 aromatic heterocycles. The molecule has 3 heteroatoms. The Hall–Kier alpha value is -1.06. The maximum absolute atomic E-state index is 11.2. The van der Waals surface area contributed by atoms with Crippen LogP contribution >= 0.6 is 0 Å². The van der Waals surface area contributed by atoms with Crippen molar-refractivity contribution >= 4 is 0 Å². The van der Waals surface area contributed by atoms with Crippen LogP contribution < -0.4 is 4.74 Å². The molecule has 2 aliphatic heterocycles. The Labute approximate surface area is 115 Å². The second-order valence-electron chi connectivity index (χ2n) is 5.81. The highest BCUT2D eigenvalue weighted by molar-refractivity contribution is 5.39. The minimum absolute atomic E-state index is 0.354. The summed E-state index contributed by atoms with van der Waals surface area (Å²) < 4.78 is 5.84. The summed E-state index contributed by atoms with van der Waals surface area (Å²) in [7, 11) is 0. The zero-order valence-electron chi connectivity index (χ0n) is 11.6. The maximum atomic E-state index is 11.2. The van der Waals surface area contributed by atoms with E-state index in [9.17, 15) is 5.11 Å². The first-order valence-corrected chi connectivity index (χ1v) is 7.41. The SMILES string of the molecule is CCCOc1ccccc1C1(O)CCN2CCC1C2. The average molecular weight is 261 g/mol. The van der Waals surface area contributed by atoms with Crippen molar-refractivity contribution in [1.82, 2.24) is 4.90 Å². The highest BCUT2D eigenvalue weighted by Gasteiger charge is 2.47. The Morgan fingerprint density at radius 3 is 3.05 bits per heavy atom. The number of hydrogen-bond donors (Lipinski definition) is 1. The molecular weight excluding hydrogens is 238 g/mol. The van der Waals surface area contributed by atoms with Crippen LogP contribution in [0.4, 0.5) is 0 Å². The first-order chi connectivity index (χ1) is 9.24. The molecule has 2 heterocycles. The molecule has 2 fully saturated rings. The van der Waals surface area contributed by atoms with Crippen molar-refractivity contribution in [1.29, 1.82) is 0 Å². The van der Waals surface area contributed by atoms with Gasteiger partial charge >= 0.3 is 0 Å². The van der Waals surface area contributed by atoms with Crippen LogP contribution in [0.25, 0.3) is 0 Å². The van der Waals surface area contributed by atoms with Gasteiger partial charge in [-0.2, -0.15) is 0 Å². The minimum atomic E-state index is -0.697. The zero-order chi connectivity index (χ0) is 13.3. The van der Waals surface area contributed by atoms with E-state index in [-0.39, 0.29) is 0 Å². The number of benzene rings is 1. The van der Waals surface area contributed by atoms with E-state index in [4.69, 9.17) is 4.74 Å². The predicted molar refractivity (Wildman–Crippen MR) is 75.3 cm³/mol. The summed E-state index contributed by atoms with van der Waals surface area (Å²) in [6, 6.07) is 8.03. The van der Waals surface area contributed by atoms with Gasteiger partial charge < -0.3 is 14.7 Å². The predicted octanol–water partition coefficient (Wildman–Crippen LogP) is 2.39. The van der Waals surface area contributed by atoms with Gasteiger partial charge in [-0.3, -0.25) is 0 Å². The topological polar surface area (TPSA) is 32.7 Å². The molecule has 19 heavy (non-hydrogen) atoms. The highest BCUT2D eigenvalue weighted by Crippen LogP contribution is 2.45. The molecule has 1 N–H and O–H groups in total. The van der Waals surface area contributed by atoms with Gasteiger partial charge in [0, 0.05) is 24.6 Å². The van der Waals surface area contributed by atoms with E-state index in [2.05, 4.69) is 11.8 Å². The lowest BCUT2D eigenvalue weighted by Gasteiger charge is -2.39. The van der Waals surface area contributed by atoms with E-state index in [0.29, 0.717) is 12.5 Å². The molecular formula is C16H23NO2. The number of nitrogens with zero attached hydrogens (tertiary/aromatic N) is 1. The largest absolute Gasteiger partial charge is 0.493 e. The highest BCUT2D eigenvalue weighted by atomic mass is 16.5. The molecule has 3 nitrogen and oxygen atoms in total. The van der Waals surface area contributed by atoms with Crippen LogP contribution in [0.1, 0.15) is 31.7 Å². The van der Waals surface area contributed by atoms with Crippen LogP contribution in [0, 0.1) is 5.92 Å². The summed E-state index contributed by atoms with van der Waals surface area (Å²) >= 11 is 0. The maximum Gasteiger partial charge on any atom is 0.125 e. The molecule has 2 aliphatic rings. The summed E-state index contributed by atoms with van der Waals surface area (Å²) in [6.45, 7) is 5.97. The summed E-state index contributed by atoms with van der Waals surface area (Å²) in [4.78, 5) is 2.45. The van der Waals surface area contributed by atoms with E-state index in [0.717, 1.165) is 50.2 Å². The van der Waals surface area contributed by atoms with Gasteiger partial charge in [0.1, 0.15) is 5.75 Å². The fourth-order valence-electron chi connectivity index (χ4n) is 3.47. The molecule has 3 rings (SSSR count). The zero-order valence-corrected chi connectivity index (χ0v) is 11.6. The van der Waals surface area contributed by atoms with E-state index in [1.54, 1.807) is 0 Å². The summed E-state index contributed by atoms with van der Waals surface area (Å²) in [6.07, 6.45) is 2.91. The monoisotopic (exact) mass is 261 g/mol. The van der Waals surface area contributed by atoms with Crippen molar-refractivity contribution in [3.8, 4) is 5.75 Å². The van der Waals surface area contributed by atoms with E-state index in [1.807, 2.05) is 24.3 Å². The number of aliphatic hydroxyl groups is 1. The number of rotatable bonds is 4. The van der Waals surface area contributed by atoms with Gasteiger partial charge in [-0.05, 0) is 31.9 Å². The van der Waals surface area contributed by atoms with Crippen molar-refractivity contribution in [3.63, 3.8) is 0 Å². The normalized spacial score (nSPS) is 33.4. The lowest BCUT2D eigenvalue weighted by molar-refractivity contribution is -0.0519. The van der Waals surface area contributed by atoms with Crippen LogP contribution in [0.3, 0.4) is 0 Å². The summed E-state index contributed by atoms with van der Waals surface area (Å²) in [5, 5.41) is 11.2. The molecule has 104 valence electrons. The minimum Gasteiger partial charge on any atom is -0.493 e. The molecule has 0 saturated carbocycles. The van der Waals surface area contributed by atoms with Crippen LogP contribution in [0.15, 0.2) is 24.3 Å². The third-order valence-corrected chi connectivity index (χ3v) is 4.57. The lowest BCUT2D eigenvalue weighted by Crippen LogP contribution is -2.44. The Kier molecular flexibility index (Phi) is 3.50. The van der Waals surface area contributed by atoms with Crippen molar-refractivity contribution < 1.29 is 9.84 Å². The molecule has 0 spiro atoms. The summed E-state index contributed by atoms with van der Waals surface area (Å²) in [5.74, 6) is 1.22. The molecule has 0 aliphatic carbocycles. The van der Waals surface area contributed by atoms with Gasteiger partial charge in [-0.25, -0.2) is 0 Å². The van der Waals surface area contributed by atoms with E-state index in [1.165, 1.54) is 0 Å². The van der Waals surface area contributed by atoms with Crippen LogP contribution in [0.5, 0.6) is 5.75 Å². The van der Waals surface area contributed by atoms with Crippen LogP contribution in [-0.4, -0.2) is 36.2 Å². The van der Waals surface area contributed by atoms with Gasteiger partial charge in [0.15, 0.2) is 0 Å². The average Bonchev–Trinajstić information content (AvgIpc) is 2.86. The number of ether oxygens (including phenoxy) is 1. The van der Waals surface area contributed by atoms with Crippen molar-refractivity contribution in [2.75, 3.05) is 26.2 Å². The number of fused-ring (bicyclic) bond motifs is 2.